The number of anilines is 2. The predicted molar refractivity (Wildman–Crippen MR) is 171 cm³/mol. The highest BCUT2D eigenvalue weighted by molar-refractivity contribution is 6.11. The van der Waals surface area contributed by atoms with Gasteiger partial charge in [-0.05, 0) is 67.4 Å². The lowest BCUT2D eigenvalue weighted by atomic mass is 10.0. The number of amides is 2. The highest BCUT2D eigenvalue weighted by Crippen LogP contribution is 2.38. The van der Waals surface area contributed by atoms with Gasteiger partial charge in [-0.2, -0.15) is 0 Å². The summed E-state index contributed by atoms with van der Waals surface area (Å²) in [5.41, 5.74) is 5.06. The molecule has 9 nitrogen and oxygen atoms in total. The molecule has 0 unspecified atom stereocenters. The molecule has 9 heteroatoms. The van der Waals surface area contributed by atoms with Crippen LogP contribution in [0.2, 0.25) is 0 Å². The van der Waals surface area contributed by atoms with E-state index in [0.29, 0.717) is 24.4 Å². The first-order chi connectivity index (χ1) is 21.6. The van der Waals surface area contributed by atoms with E-state index in [1.807, 2.05) is 43.3 Å². The fraction of sp³-hybridized carbons (Fsp3) is 0.371. The number of carbonyl (C=O) groups is 2. The van der Waals surface area contributed by atoms with E-state index in [2.05, 4.69) is 39.4 Å². The van der Waals surface area contributed by atoms with Crippen LogP contribution in [0, 0.1) is 0 Å². The van der Waals surface area contributed by atoms with Gasteiger partial charge in [0.1, 0.15) is 0 Å². The Morgan fingerprint density at radius 2 is 1.48 bits per heavy atom. The second-order valence-corrected chi connectivity index (χ2v) is 11.3. The van der Waals surface area contributed by atoms with Crippen LogP contribution < -0.4 is 19.9 Å². The summed E-state index contributed by atoms with van der Waals surface area (Å²) < 4.78 is 17.1. The van der Waals surface area contributed by atoms with Crippen molar-refractivity contribution >= 4 is 28.8 Å². The zero-order valence-corrected chi connectivity index (χ0v) is 25.3. The number of morpholine rings is 2. The van der Waals surface area contributed by atoms with E-state index < -0.39 is 0 Å². The molecular weight excluding hydrogens is 556 g/mol. The molecular formula is C35H40N4O5. The van der Waals surface area contributed by atoms with Crippen molar-refractivity contribution in [2.45, 2.75) is 19.9 Å². The minimum atomic E-state index is -0.194. The molecule has 2 fully saturated rings. The van der Waals surface area contributed by atoms with Gasteiger partial charge in [0, 0.05) is 49.5 Å². The van der Waals surface area contributed by atoms with Crippen molar-refractivity contribution < 1.29 is 23.8 Å². The van der Waals surface area contributed by atoms with Gasteiger partial charge >= 0.3 is 0 Å². The Balaban J connectivity index is 1.13. The lowest BCUT2D eigenvalue weighted by Crippen LogP contribution is -2.38. The van der Waals surface area contributed by atoms with Crippen LogP contribution in [-0.4, -0.2) is 82.4 Å². The molecule has 2 saturated heterocycles. The highest BCUT2D eigenvalue weighted by atomic mass is 16.5. The first kappa shape index (κ1) is 29.9. The van der Waals surface area contributed by atoms with Gasteiger partial charge in [-0.25, -0.2) is 0 Å². The summed E-state index contributed by atoms with van der Waals surface area (Å²) in [6.07, 6.45) is 0.893. The van der Waals surface area contributed by atoms with E-state index in [4.69, 9.17) is 14.2 Å². The molecule has 6 rings (SSSR count). The maximum Gasteiger partial charge on any atom is 0.294 e. The third-order valence-corrected chi connectivity index (χ3v) is 8.42. The Hall–Kier alpha value is -4.18. The average Bonchev–Trinajstić information content (AvgIpc) is 3.08. The normalized spacial score (nSPS) is 18.4. The molecule has 3 heterocycles. The minimum Gasteiger partial charge on any atom is -0.449 e. The van der Waals surface area contributed by atoms with Gasteiger partial charge in [-0.3, -0.25) is 19.4 Å². The van der Waals surface area contributed by atoms with Crippen LogP contribution in [-0.2, 0) is 20.8 Å². The van der Waals surface area contributed by atoms with Gasteiger partial charge in [-0.1, -0.05) is 36.4 Å². The summed E-state index contributed by atoms with van der Waals surface area (Å²) in [6.45, 7) is 10.6. The van der Waals surface area contributed by atoms with Crippen molar-refractivity contribution in [1.29, 1.82) is 0 Å². The summed E-state index contributed by atoms with van der Waals surface area (Å²) in [7, 11) is 0. The van der Waals surface area contributed by atoms with Gasteiger partial charge in [0.2, 0.25) is 0 Å². The molecule has 0 saturated carbocycles. The molecule has 0 aromatic heterocycles. The molecule has 0 radical (unpaired) electrons. The van der Waals surface area contributed by atoms with E-state index in [9.17, 15) is 9.59 Å². The standard InChI is InChI=1S/C35H40N4O5/c1-26(28-9-11-29(12-10-28)34(40)36-15-4-16-37-17-21-42-22-18-37)33-35(41)39(31-5-2-3-6-32(31)44-33)25-27-7-13-30(14-8-27)38-19-23-43-24-20-38/h2-3,5-14H,4,15-25H2,1H3,(H,36,40)/b33-26-. The molecule has 3 aliphatic heterocycles. The molecule has 0 bridgehead atoms. The number of hydrogen-bond acceptors (Lipinski definition) is 7. The number of allylic oxidation sites excluding steroid dienone is 1. The van der Waals surface area contributed by atoms with Gasteiger partial charge in [-0.15, -0.1) is 0 Å². The number of nitrogens with one attached hydrogen (secondary N) is 1. The summed E-state index contributed by atoms with van der Waals surface area (Å²) >= 11 is 0. The Morgan fingerprint density at radius 1 is 0.818 bits per heavy atom. The third-order valence-electron chi connectivity index (χ3n) is 8.42. The van der Waals surface area contributed by atoms with Crippen molar-refractivity contribution in [2.24, 2.45) is 0 Å². The zero-order chi connectivity index (χ0) is 30.3. The van der Waals surface area contributed by atoms with Gasteiger partial charge in [0.25, 0.3) is 11.8 Å². The Labute approximate surface area is 259 Å². The summed E-state index contributed by atoms with van der Waals surface area (Å²) in [5.74, 6) is 0.627. The molecule has 0 atom stereocenters. The second kappa shape index (κ2) is 14.1. The van der Waals surface area contributed by atoms with Gasteiger partial charge in [0.15, 0.2) is 11.5 Å². The van der Waals surface area contributed by atoms with Gasteiger partial charge in [0.05, 0.1) is 38.7 Å². The molecule has 0 spiro atoms. The zero-order valence-electron chi connectivity index (χ0n) is 25.3. The molecule has 1 N–H and O–H groups in total. The SMILES string of the molecule is C/C(=C1/Oc2ccccc2N(Cc2ccc(N3CCOCC3)cc2)C1=O)c1ccc(C(=O)NCCCN2CCOCC2)cc1. The molecule has 3 aliphatic rings. The lowest BCUT2D eigenvalue weighted by molar-refractivity contribution is -0.117. The van der Waals surface area contributed by atoms with Crippen LogP contribution in [0.1, 0.15) is 34.8 Å². The topological polar surface area (TPSA) is 83.6 Å². The Morgan fingerprint density at radius 3 is 2.20 bits per heavy atom. The number of hydrogen-bond donors (Lipinski definition) is 1. The molecule has 0 aliphatic carbocycles. The maximum absolute atomic E-state index is 13.9. The maximum atomic E-state index is 13.9. The fourth-order valence-corrected chi connectivity index (χ4v) is 5.80. The number of para-hydroxylation sites is 2. The van der Waals surface area contributed by atoms with Crippen LogP contribution in [0.3, 0.4) is 0 Å². The third kappa shape index (κ3) is 6.96. The van der Waals surface area contributed by atoms with Gasteiger partial charge < -0.3 is 24.4 Å². The largest absolute Gasteiger partial charge is 0.449 e. The van der Waals surface area contributed by atoms with Crippen molar-refractivity contribution in [3.8, 4) is 5.75 Å². The van der Waals surface area contributed by atoms with Crippen molar-refractivity contribution in [3.63, 3.8) is 0 Å². The monoisotopic (exact) mass is 596 g/mol. The minimum absolute atomic E-state index is 0.103. The fourth-order valence-electron chi connectivity index (χ4n) is 5.80. The number of ether oxygens (including phenoxy) is 3. The van der Waals surface area contributed by atoms with Crippen molar-refractivity contribution in [3.05, 3.63) is 95.2 Å². The second-order valence-electron chi connectivity index (χ2n) is 11.3. The molecule has 3 aromatic carbocycles. The van der Waals surface area contributed by atoms with Crippen LogP contribution in [0.15, 0.2) is 78.6 Å². The number of carbonyl (C=O) groups excluding carboxylic acids is 2. The summed E-state index contributed by atoms with van der Waals surface area (Å²) in [5, 5.41) is 3.02. The highest BCUT2D eigenvalue weighted by Gasteiger charge is 2.32. The van der Waals surface area contributed by atoms with E-state index in [1.165, 1.54) is 0 Å². The average molecular weight is 597 g/mol. The number of rotatable bonds is 9. The number of benzene rings is 3. The van der Waals surface area contributed by atoms with E-state index in [1.54, 1.807) is 17.0 Å². The summed E-state index contributed by atoms with van der Waals surface area (Å²) in [4.78, 5) is 33.1. The first-order valence-electron chi connectivity index (χ1n) is 15.5. The van der Waals surface area contributed by atoms with E-state index >= 15 is 0 Å². The van der Waals surface area contributed by atoms with Crippen molar-refractivity contribution in [2.75, 3.05) is 75.5 Å². The molecule has 230 valence electrons. The lowest BCUT2D eigenvalue weighted by Gasteiger charge is -2.32. The van der Waals surface area contributed by atoms with Crippen LogP contribution in [0.5, 0.6) is 5.75 Å². The van der Waals surface area contributed by atoms with Crippen LogP contribution >= 0.6 is 0 Å². The quantitative estimate of drug-likeness (QED) is 0.291. The van der Waals surface area contributed by atoms with Crippen LogP contribution in [0.4, 0.5) is 11.4 Å². The van der Waals surface area contributed by atoms with E-state index in [0.717, 1.165) is 93.6 Å². The smallest absolute Gasteiger partial charge is 0.294 e. The number of fused-ring (bicyclic) bond motifs is 1. The van der Waals surface area contributed by atoms with E-state index in [-0.39, 0.29) is 17.6 Å². The van der Waals surface area contributed by atoms with Crippen LogP contribution in [0.25, 0.3) is 5.57 Å². The molecule has 3 aromatic rings. The Kier molecular flexibility index (Phi) is 9.55. The van der Waals surface area contributed by atoms with Crippen molar-refractivity contribution in [1.82, 2.24) is 10.2 Å². The number of nitrogens with zero attached hydrogens (tertiary/aromatic N) is 3. The Bertz CT molecular complexity index is 1480. The first-order valence-corrected chi connectivity index (χ1v) is 15.5. The summed E-state index contributed by atoms with van der Waals surface area (Å²) in [6, 6.07) is 23.3. The molecule has 2 amide bonds. The predicted octanol–water partition coefficient (Wildman–Crippen LogP) is 4.33. The molecule has 44 heavy (non-hydrogen) atoms.